The van der Waals surface area contributed by atoms with E-state index in [1.165, 1.54) is 6.07 Å². The lowest BCUT2D eigenvalue weighted by molar-refractivity contribution is -0.122. The van der Waals surface area contributed by atoms with Crippen LogP contribution in [0, 0.1) is 17.7 Å². The van der Waals surface area contributed by atoms with Gasteiger partial charge in [-0.1, -0.05) is 61.2 Å². The first-order valence-corrected chi connectivity index (χ1v) is 7.28. The zero-order valence-corrected chi connectivity index (χ0v) is 12.5. The minimum absolute atomic E-state index is 0.0588. The molecule has 0 aliphatic heterocycles. The number of amides is 1. The molecule has 0 radical (unpaired) electrons. The first-order valence-electron chi connectivity index (χ1n) is 7.28. The minimum atomic E-state index is -0.350. The normalized spacial score (nSPS) is 11.2. The van der Waals surface area contributed by atoms with E-state index < -0.39 is 0 Å². The summed E-state index contributed by atoms with van der Waals surface area (Å²) >= 11 is 0. The Kier molecular flexibility index (Phi) is 5.73. The number of hydrogen-bond acceptors (Lipinski definition) is 1. The van der Waals surface area contributed by atoms with E-state index in [-0.39, 0.29) is 24.2 Å². The zero-order chi connectivity index (χ0) is 15.8. The van der Waals surface area contributed by atoms with Crippen molar-refractivity contribution in [2.24, 2.45) is 0 Å². The molecule has 112 valence electrons. The fraction of sp³-hybridized carbons (Fsp3) is 0.211. The molecule has 22 heavy (non-hydrogen) atoms. The van der Waals surface area contributed by atoms with Crippen LogP contribution in [0.15, 0.2) is 54.6 Å². The van der Waals surface area contributed by atoms with Gasteiger partial charge in [0.05, 0.1) is 18.0 Å². The molecule has 1 amide bonds. The van der Waals surface area contributed by atoms with Crippen molar-refractivity contribution < 1.29 is 9.18 Å². The monoisotopic (exact) mass is 295 g/mol. The van der Waals surface area contributed by atoms with Crippen LogP contribution in [0.5, 0.6) is 0 Å². The summed E-state index contributed by atoms with van der Waals surface area (Å²) in [4.78, 5) is 12.2. The van der Waals surface area contributed by atoms with Crippen molar-refractivity contribution in [1.82, 2.24) is 5.32 Å². The third-order valence-corrected chi connectivity index (χ3v) is 3.37. The van der Waals surface area contributed by atoms with Crippen molar-refractivity contribution in [1.29, 1.82) is 0 Å². The second kappa shape index (κ2) is 7.99. The Hall–Kier alpha value is -2.60. The third kappa shape index (κ3) is 4.20. The third-order valence-electron chi connectivity index (χ3n) is 3.37. The van der Waals surface area contributed by atoms with Gasteiger partial charge in [0, 0.05) is 0 Å². The predicted molar refractivity (Wildman–Crippen MR) is 85.8 cm³/mol. The topological polar surface area (TPSA) is 29.1 Å². The molecule has 0 bridgehead atoms. The molecular formula is C19H18FNO. The van der Waals surface area contributed by atoms with Gasteiger partial charge >= 0.3 is 0 Å². The highest BCUT2D eigenvalue weighted by Crippen LogP contribution is 2.18. The maximum Gasteiger partial charge on any atom is 0.228 e. The summed E-state index contributed by atoms with van der Waals surface area (Å²) in [6, 6.07) is 16.0. The average molecular weight is 295 g/mol. The fourth-order valence-electron chi connectivity index (χ4n) is 2.21. The summed E-state index contributed by atoms with van der Waals surface area (Å²) in [5.74, 6) is 4.91. The standard InChI is InChI=1S/C19H18FNO/c1-2-17(15-9-4-3-5-10-15)19(22)21-14-8-12-16-11-6-7-13-18(16)20/h3-7,9-11,13,17H,2,14H2,1H3,(H,21,22). The number of hydrogen-bond donors (Lipinski definition) is 1. The predicted octanol–water partition coefficient (Wildman–Crippen LogP) is 3.49. The smallest absolute Gasteiger partial charge is 0.228 e. The molecule has 1 N–H and O–H groups in total. The van der Waals surface area contributed by atoms with E-state index in [4.69, 9.17) is 0 Å². The van der Waals surface area contributed by atoms with Crippen molar-refractivity contribution in [3.8, 4) is 11.8 Å². The molecule has 2 aromatic carbocycles. The number of carbonyl (C=O) groups is 1. The molecule has 0 fully saturated rings. The summed E-state index contributed by atoms with van der Waals surface area (Å²) in [5.41, 5.74) is 1.33. The molecule has 0 aliphatic rings. The van der Waals surface area contributed by atoms with Crippen molar-refractivity contribution in [3.05, 3.63) is 71.5 Å². The van der Waals surface area contributed by atoms with Gasteiger partial charge in [0.15, 0.2) is 0 Å². The highest BCUT2D eigenvalue weighted by atomic mass is 19.1. The van der Waals surface area contributed by atoms with Gasteiger partial charge in [-0.05, 0) is 24.1 Å². The number of carbonyl (C=O) groups excluding carboxylic acids is 1. The van der Waals surface area contributed by atoms with E-state index in [0.717, 1.165) is 12.0 Å². The van der Waals surface area contributed by atoms with Crippen LogP contribution in [0.4, 0.5) is 4.39 Å². The lowest BCUT2D eigenvalue weighted by Gasteiger charge is -2.14. The van der Waals surface area contributed by atoms with Crippen molar-refractivity contribution in [2.75, 3.05) is 6.54 Å². The number of nitrogens with one attached hydrogen (secondary N) is 1. The second-order valence-corrected chi connectivity index (χ2v) is 4.87. The van der Waals surface area contributed by atoms with Gasteiger partial charge in [-0.3, -0.25) is 4.79 Å². The van der Waals surface area contributed by atoms with Crippen LogP contribution in [0.3, 0.4) is 0 Å². The van der Waals surface area contributed by atoms with Gasteiger partial charge in [-0.15, -0.1) is 0 Å². The quantitative estimate of drug-likeness (QED) is 0.860. The number of rotatable bonds is 4. The summed E-state index contributed by atoms with van der Waals surface area (Å²) in [6.07, 6.45) is 0.719. The number of benzene rings is 2. The van der Waals surface area contributed by atoms with Crippen LogP contribution in [0.1, 0.15) is 30.4 Å². The van der Waals surface area contributed by atoms with E-state index in [1.807, 2.05) is 37.3 Å². The molecule has 1 atom stereocenters. The Morgan fingerprint density at radius 1 is 1.14 bits per heavy atom. The maximum absolute atomic E-state index is 13.4. The molecule has 2 aromatic rings. The van der Waals surface area contributed by atoms with Gasteiger partial charge in [-0.25, -0.2) is 4.39 Å². The van der Waals surface area contributed by atoms with Gasteiger partial charge in [-0.2, -0.15) is 0 Å². The summed E-state index contributed by atoms with van der Waals surface area (Å²) < 4.78 is 13.4. The first kappa shape index (κ1) is 15.8. The van der Waals surface area contributed by atoms with Crippen molar-refractivity contribution in [3.63, 3.8) is 0 Å². The Morgan fingerprint density at radius 3 is 2.50 bits per heavy atom. The molecule has 0 heterocycles. The van der Waals surface area contributed by atoms with Gasteiger partial charge < -0.3 is 5.32 Å². The van der Waals surface area contributed by atoms with E-state index in [0.29, 0.717) is 5.56 Å². The van der Waals surface area contributed by atoms with E-state index >= 15 is 0 Å². The molecule has 0 spiro atoms. The summed E-state index contributed by atoms with van der Waals surface area (Å²) in [5, 5.41) is 2.79. The van der Waals surface area contributed by atoms with Crippen LogP contribution in [0.25, 0.3) is 0 Å². The number of halogens is 1. The second-order valence-electron chi connectivity index (χ2n) is 4.87. The van der Waals surface area contributed by atoms with Gasteiger partial charge in [0.1, 0.15) is 5.82 Å². The highest BCUT2D eigenvalue weighted by molar-refractivity contribution is 5.83. The van der Waals surface area contributed by atoms with Gasteiger partial charge in [0.25, 0.3) is 0 Å². The van der Waals surface area contributed by atoms with E-state index in [2.05, 4.69) is 17.2 Å². The summed E-state index contributed by atoms with van der Waals surface area (Å²) in [7, 11) is 0. The summed E-state index contributed by atoms with van der Waals surface area (Å²) in [6.45, 7) is 2.18. The molecule has 3 heteroatoms. The highest BCUT2D eigenvalue weighted by Gasteiger charge is 2.17. The molecule has 0 aliphatic carbocycles. The Balaban J connectivity index is 1.94. The zero-order valence-electron chi connectivity index (χ0n) is 12.5. The molecule has 2 nitrogen and oxygen atoms in total. The Morgan fingerprint density at radius 2 is 1.82 bits per heavy atom. The maximum atomic E-state index is 13.4. The molecule has 1 unspecified atom stereocenters. The molecule has 0 saturated heterocycles. The molecule has 0 saturated carbocycles. The van der Waals surface area contributed by atoms with Crippen LogP contribution in [0.2, 0.25) is 0 Å². The van der Waals surface area contributed by atoms with Crippen LogP contribution in [-0.2, 0) is 4.79 Å². The van der Waals surface area contributed by atoms with Gasteiger partial charge in [0.2, 0.25) is 5.91 Å². The van der Waals surface area contributed by atoms with Crippen LogP contribution >= 0.6 is 0 Å². The van der Waals surface area contributed by atoms with Crippen molar-refractivity contribution >= 4 is 5.91 Å². The van der Waals surface area contributed by atoms with E-state index in [1.54, 1.807) is 18.2 Å². The Bertz CT molecular complexity index is 685. The van der Waals surface area contributed by atoms with Crippen LogP contribution in [-0.4, -0.2) is 12.5 Å². The minimum Gasteiger partial charge on any atom is -0.345 e. The average Bonchev–Trinajstić information content (AvgIpc) is 2.55. The fourth-order valence-corrected chi connectivity index (χ4v) is 2.21. The van der Waals surface area contributed by atoms with E-state index in [9.17, 15) is 9.18 Å². The first-order chi connectivity index (χ1) is 10.7. The lowest BCUT2D eigenvalue weighted by Crippen LogP contribution is -2.29. The molecular weight excluding hydrogens is 277 g/mol. The lowest BCUT2D eigenvalue weighted by atomic mass is 9.96. The van der Waals surface area contributed by atoms with Crippen LogP contribution < -0.4 is 5.32 Å². The largest absolute Gasteiger partial charge is 0.345 e. The SMILES string of the molecule is CCC(C(=O)NCC#Cc1ccccc1F)c1ccccc1. The molecule has 0 aromatic heterocycles. The molecule has 2 rings (SSSR count). The van der Waals surface area contributed by atoms with Crippen molar-refractivity contribution in [2.45, 2.75) is 19.3 Å². The Labute approximate surface area is 130 Å².